The Balaban J connectivity index is 1.70. The number of nitriles is 1. The lowest BCUT2D eigenvalue weighted by atomic mass is 9.81. The van der Waals surface area contributed by atoms with Gasteiger partial charge in [0, 0.05) is 5.56 Å². The van der Waals surface area contributed by atoms with Crippen molar-refractivity contribution in [3.63, 3.8) is 0 Å². The minimum Gasteiger partial charge on any atom is -0.368 e. The number of alkyl halides is 3. The summed E-state index contributed by atoms with van der Waals surface area (Å²) in [6, 6.07) is 10.8. The monoisotopic (exact) mass is 551 g/mol. The quantitative estimate of drug-likeness (QED) is 0.365. The van der Waals surface area contributed by atoms with Crippen LogP contribution in [0.2, 0.25) is 0 Å². The molecule has 3 N–H and O–H groups in total. The number of benzene rings is 2. The van der Waals surface area contributed by atoms with E-state index >= 15 is 0 Å². The number of carbonyl (C=O) groups excluding carboxylic acids is 1. The molecule has 1 amide bonds. The van der Waals surface area contributed by atoms with Gasteiger partial charge in [-0.3, -0.25) is 10.1 Å². The second-order valence-electron chi connectivity index (χ2n) is 9.05. The van der Waals surface area contributed by atoms with E-state index in [4.69, 9.17) is 10.3 Å². The molecule has 0 saturated heterocycles. The van der Waals surface area contributed by atoms with Crippen molar-refractivity contribution >= 4 is 15.7 Å². The minimum atomic E-state index is -5.06. The van der Waals surface area contributed by atoms with Crippen molar-refractivity contribution in [1.82, 2.24) is 15.5 Å². The summed E-state index contributed by atoms with van der Waals surface area (Å²) in [5.74, 6) is -4.67. The van der Waals surface area contributed by atoms with Gasteiger partial charge in [0.25, 0.3) is 5.89 Å². The molecule has 1 heterocycles. The molecule has 0 aliphatic heterocycles. The summed E-state index contributed by atoms with van der Waals surface area (Å²) in [6.07, 6.45) is -5.20. The summed E-state index contributed by atoms with van der Waals surface area (Å²) in [5.41, 5.74) is 1.10. The molecule has 14 heteroatoms. The molecule has 0 bridgehead atoms. The van der Waals surface area contributed by atoms with Crippen LogP contribution in [-0.2, 0) is 20.4 Å². The fourth-order valence-corrected chi connectivity index (χ4v) is 6.07. The van der Waals surface area contributed by atoms with Crippen LogP contribution in [0.5, 0.6) is 0 Å². The van der Waals surface area contributed by atoms with Crippen molar-refractivity contribution in [1.29, 1.82) is 5.26 Å². The molecule has 2 atom stereocenters. The summed E-state index contributed by atoms with van der Waals surface area (Å²) < 4.78 is 87.5. The van der Waals surface area contributed by atoms with Crippen LogP contribution < -0.4 is 11.1 Å². The number of primary amides is 1. The summed E-state index contributed by atoms with van der Waals surface area (Å²) >= 11 is 0. The van der Waals surface area contributed by atoms with Gasteiger partial charge in [-0.25, -0.2) is 12.8 Å². The molecule has 0 spiro atoms. The second kappa shape index (κ2) is 9.80. The first-order chi connectivity index (χ1) is 17.8. The lowest BCUT2D eigenvalue weighted by Crippen LogP contribution is -2.67. The Bertz CT molecular complexity index is 1470. The van der Waals surface area contributed by atoms with E-state index < -0.39 is 61.8 Å². The number of carbonyl (C=O) groups is 1. The molecule has 9 nitrogen and oxygen atoms in total. The number of sulfone groups is 1. The van der Waals surface area contributed by atoms with E-state index in [0.717, 1.165) is 24.3 Å². The fraction of sp³-hybridized carbons (Fsp3) is 0.333. The van der Waals surface area contributed by atoms with Gasteiger partial charge in [0.1, 0.15) is 23.2 Å². The highest BCUT2D eigenvalue weighted by molar-refractivity contribution is 7.90. The third-order valence-corrected chi connectivity index (χ3v) is 7.97. The fourth-order valence-electron chi connectivity index (χ4n) is 4.30. The van der Waals surface area contributed by atoms with Crippen LogP contribution in [0.15, 0.2) is 59.1 Å². The number of nitrogens with two attached hydrogens (primary N) is 1. The molecule has 0 radical (unpaired) electrons. The Labute approximate surface area is 214 Å². The largest absolute Gasteiger partial charge is 0.407 e. The van der Waals surface area contributed by atoms with Gasteiger partial charge in [-0.1, -0.05) is 35.5 Å². The van der Waals surface area contributed by atoms with Crippen molar-refractivity contribution < 1.29 is 35.3 Å². The van der Waals surface area contributed by atoms with Gasteiger partial charge in [-0.15, -0.1) is 0 Å². The zero-order valence-corrected chi connectivity index (χ0v) is 20.4. The van der Waals surface area contributed by atoms with E-state index in [1.807, 2.05) is 0 Å². The van der Waals surface area contributed by atoms with Crippen LogP contribution in [0.1, 0.15) is 30.3 Å². The number of nitrogens with one attached hydrogen (secondary N) is 1. The average Bonchev–Trinajstić information content (AvgIpc) is 3.54. The van der Waals surface area contributed by atoms with Gasteiger partial charge < -0.3 is 10.3 Å². The van der Waals surface area contributed by atoms with E-state index in [1.54, 1.807) is 36.4 Å². The van der Waals surface area contributed by atoms with Crippen LogP contribution in [0, 0.1) is 22.6 Å². The first-order valence-electron chi connectivity index (χ1n) is 11.2. The third-order valence-electron chi connectivity index (χ3n) is 6.40. The van der Waals surface area contributed by atoms with Crippen LogP contribution in [0.4, 0.5) is 17.6 Å². The lowest BCUT2D eigenvalue weighted by Gasteiger charge is -2.39. The topological polar surface area (TPSA) is 152 Å². The summed E-state index contributed by atoms with van der Waals surface area (Å²) in [6.45, 7) is 0. The van der Waals surface area contributed by atoms with Crippen LogP contribution in [-0.4, -0.2) is 41.9 Å². The minimum absolute atomic E-state index is 0.0132. The normalized spacial score (nSPS) is 17.2. The predicted molar refractivity (Wildman–Crippen MR) is 125 cm³/mol. The van der Waals surface area contributed by atoms with Gasteiger partial charge in [-0.05, 0) is 42.7 Å². The molecule has 200 valence electrons. The summed E-state index contributed by atoms with van der Waals surface area (Å²) in [4.78, 5) is 16.8. The highest BCUT2D eigenvalue weighted by Gasteiger charge is 2.67. The molecule has 2 aromatic carbocycles. The number of aromatic nitrogens is 2. The maximum atomic E-state index is 14.2. The smallest absolute Gasteiger partial charge is 0.368 e. The standard InChI is InChI=1S/C24H21F4N5O4S/c25-17-8-6-15(7-9-17)19(24(26,27)28)32-23(21(30)34,22(13-29)10-11-22)14-38(35,36)12-18-31-20(37-33-18)16-4-2-1-3-5-16/h1-9,19,32H,10-12,14H2,(H2,30,34)/t19-,23-/m0/s1. The van der Waals surface area contributed by atoms with Gasteiger partial charge in [0.2, 0.25) is 5.91 Å². The number of hydrogen-bond donors (Lipinski definition) is 2. The first-order valence-corrected chi connectivity index (χ1v) is 13.0. The number of rotatable bonds is 10. The van der Waals surface area contributed by atoms with Crippen LogP contribution in [0.3, 0.4) is 0 Å². The van der Waals surface area contributed by atoms with Gasteiger partial charge in [0.05, 0.1) is 17.2 Å². The molecule has 1 aliphatic carbocycles. The van der Waals surface area contributed by atoms with Crippen molar-refractivity contribution in [3.8, 4) is 17.5 Å². The maximum Gasteiger partial charge on any atom is 0.407 e. The Morgan fingerprint density at radius 3 is 2.32 bits per heavy atom. The Hall–Kier alpha value is -3.83. The zero-order chi connectivity index (χ0) is 27.8. The van der Waals surface area contributed by atoms with Gasteiger partial charge in [0.15, 0.2) is 15.7 Å². The summed E-state index contributed by atoms with van der Waals surface area (Å²) in [5, 5.41) is 15.5. The highest BCUT2D eigenvalue weighted by Crippen LogP contribution is 2.55. The molecule has 0 unspecified atom stereocenters. The first kappa shape index (κ1) is 27.2. The number of halogens is 4. The molecule has 1 saturated carbocycles. The van der Waals surface area contributed by atoms with E-state index in [1.165, 1.54) is 0 Å². The van der Waals surface area contributed by atoms with E-state index in [9.17, 15) is 36.0 Å². The average molecular weight is 552 g/mol. The summed E-state index contributed by atoms with van der Waals surface area (Å²) in [7, 11) is -4.47. The predicted octanol–water partition coefficient (Wildman–Crippen LogP) is 3.21. The Kier molecular flexibility index (Phi) is 7.02. The van der Waals surface area contributed by atoms with Crippen molar-refractivity contribution in [2.45, 2.75) is 36.4 Å². The van der Waals surface area contributed by atoms with Crippen molar-refractivity contribution in [3.05, 3.63) is 71.8 Å². The second-order valence-corrected chi connectivity index (χ2v) is 11.1. The van der Waals surface area contributed by atoms with E-state index in [-0.39, 0.29) is 24.6 Å². The molecular formula is C24H21F4N5O4S. The molecule has 1 aliphatic rings. The molecule has 1 aromatic heterocycles. The third kappa shape index (κ3) is 5.39. The van der Waals surface area contributed by atoms with Crippen LogP contribution in [0.25, 0.3) is 11.5 Å². The molecule has 3 aromatic rings. The van der Waals surface area contributed by atoms with Gasteiger partial charge >= 0.3 is 6.18 Å². The van der Waals surface area contributed by atoms with E-state index in [2.05, 4.69) is 15.5 Å². The number of hydrogen-bond acceptors (Lipinski definition) is 8. The molecule has 38 heavy (non-hydrogen) atoms. The van der Waals surface area contributed by atoms with Crippen LogP contribution >= 0.6 is 0 Å². The van der Waals surface area contributed by atoms with Crippen molar-refractivity contribution in [2.24, 2.45) is 11.1 Å². The molecule has 4 rings (SSSR count). The molecular weight excluding hydrogens is 530 g/mol. The number of amides is 1. The number of nitrogens with zero attached hydrogens (tertiary/aromatic N) is 3. The highest BCUT2D eigenvalue weighted by atomic mass is 32.2. The Morgan fingerprint density at radius 2 is 1.79 bits per heavy atom. The van der Waals surface area contributed by atoms with Crippen molar-refractivity contribution in [2.75, 3.05) is 5.75 Å². The Morgan fingerprint density at radius 1 is 1.16 bits per heavy atom. The lowest BCUT2D eigenvalue weighted by molar-refractivity contribution is -0.165. The maximum absolute atomic E-state index is 14.2. The SMILES string of the molecule is N#CC1([C@@](CS(=O)(=O)Cc2noc(-c3ccccc3)n2)(N[C@@H](c2ccc(F)cc2)C(F)(F)F)C(N)=O)CC1. The van der Waals surface area contributed by atoms with Gasteiger partial charge in [-0.2, -0.15) is 23.4 Å². The zero-order valence-electron chi connectivity index (χ0n) is 19.6. The van der Waals surface area contributed by atoms with E-state index in [0.29, 0.717) is 5.56 Å². The molecule has 1 fully saturated rings.